The minimum Gasteiger partial charge on any atom is -0.376 e. The highest BCUT2D eigenvalue weighted by Crippen LogP contribution is 2.13. The van der Waals surface area contributed by atoms with Gasteiger partial charge in [-0.15, -0.1) is 0 Å². The zero-order chi connectivity index (χ0) is 11.9. The Balaban J connectivity index is 4.44. The van der Waals surface area contributed by atoms with Gasteiger partial charge < -0.3 is 19.0 Å². The van der Waals surface area contributed by atoms with Gasteiger partial charge in [-0.05, 0) is 13.3 Å². The summed E-state index contributed by atoms with van der Waals surface area (Å²) in [7, 11) is 2.14. The molecule has 0 aliphatic carbocycles. The summed E-state index contributed by atoms with van der Waals surface area (Å²) in [4.78, 5) is 0. The summed E-state index contributed by atoms with van der Waals surface area (Å²) in [5, 5.41) is 0. The summed E-state index contributed by atoms with van der Waals surface area (Å²) in [6, 6.07) is 0. The molecule has 0 heterocycles. The van der Waals surface area contributed by atoms with Crippen molar-refractivity contribution in [3.63, 3.8) is 0 Å². The molecule has 0 saturated carbocycles. The van der Waals surface area contributed by atoms with Crippen LogP contribution in [0.3, 0.4) is 0 Å². The SMILES string of the molecule is CCC(NNC(C)N)[Si](OC)(OC)OC. The fraction of sp³-hybridized carbons (Fsp3) is 1.00. The molecule has 0 aliphatic rings. The van der Waals surface area contributed by atoms with Crippen LogP contribution < -0.4 is 16.6 Å². The Hall–Kier alpha value is -0.0231. The Morgan fingerprint density at radius 1 is 1.13 bits per heavy atom. The Morgan fingerprint density at radius 3 is 1.87 bits per heavy atom. The van der Waals surface area contributed by atoms with E-state index in [1.807, 2.05) is 13.8 Å². The predicted octanol–water partition coefficient (Wildman–Crippen LogP) is -0.419. The molecule has 6 nitrogen and oxygen atoms in total. The van der Waals surface area contributed by atoms with E-state index in [1.165, 1.54) is 0 Å². The monoisotopic (exact) mass is 237 g/mol. The lowest BCUT2D eigenvalue weighted by Gasteiger charge is -2.32. The number of nitrogens with two attached hydrogens (primary N) is 1. The third kappa shape index (κ3) is 4.15. The summed E-state index contributed by atoms with van der Waals surface area (Å²) in [6.07, 6.45) is 0.679. The van der Waals surface area contributed by atoms with Crippen LogP contribution in [-0.2, 0) is 13.3 Å². The van der Waals surface area contributed by atoms with Gasteiger partial charge >= 0.3 is 8.80 Å². The van der Waals surface area contributed by atoms with E-state index in [0.29, 0.717) is 0 Å². The largest absolute Gasteiger partial charge is 0.519 e. The maximum atomic E-state index is 5.58. The molecular formula is C8H23N3O3Si. The molecule has 0 rings (SSSR count). The van der Waals surface area contributed by atoms with Crippen LogP contribution in [0.1, 0.15) is 20.3 Å². The number of nitrogens with one attached hydrogen (secondary N) is 2. The average Bonchev–Trinajstić information content (AvgIpc) is 2.24. The van der Waals surface area contributed by atoms with Crippen LogP contribution in [0.4, 0.5) is 0 Å². The summed E-state index contributed by atoms with van der Waals surface area (Å²) in [6.45, 7) is 3.87. The van der Waals surface area contributed by atoms with E-state index in [9.17, 15) is 0 Å². The van der Waals surface area contributed by atoms with Crippen molar-refractivity contribution in [3.05, 3.63) is 0 Å². The van der Waals surface area contributed by atoms with Gasteiger partial charge in [0.05, 0.1) is 11.8 Å². The second-order valence-corrected chi connectivity index (χ2v) is 6.38. The summed E-state index contributed by atoms with van der Waals surface area (Å²) in [5.74, 6) is 0. The third-order valence-corrected chi connectivity index (χ3v) is 5.29. The highest BCUT2D eigenvalue weighted by atomic mass is 28.4. The molecule has 0 fully saturated rings. The van der Waals surface area contributed by atoms with E-state index in [2.05, 4.69) is 10.9 Å². The minimum atomic E-state index is -2.64. The second-order valence-electron chi connectivity index (χ2n) is 3.25. The van der Waals surface area contributed by atoms with Crippen LogP contribution in [-0.4, -0.2) is 42.0 Å². The lowest BCUT2D eigenvalue weighted by Crippen LogP contribution is -2.64. The normalized spacial score (nSPS) is 16.4. The highest BCUT2D eigenvalue weighted by molar-refractivity contribution is 6.62. The Kier molecular flexibility index (Phi) is 7.27. The first kappa shape index (κ1) is 15.0. The summed E-state index contributed by atoms with van der Waals surface area (Å²) in [5.41, 5.74) is 11.6. The molecule has 7 heteroatoms. The smallest absolute Gasteiger partial charge is 0.376 e. The molecule has 0 spiro atoms. The van der Waals surface area contributed by atoms with Gasteiger partial charge in [0, 0.05) is 21.3 Å². The minimum absolute atomic E-state index is 0.0245. The topological polar surface area (TPSA) is 77.8 Å². The second kappa shape index (κ2) is 7.28. The van der Waals surface area contributed by atoms with Gasteiger partial charge in [0.25, 0.3) is 0 Å². The zero-order valence-electron chi connectivity index (χ0n) is 10.2. The first-order chi connectivity index (χ1) is 7.06. The molecule has 2 atom stereocenters. The number of hydrogen-bond acceptors (Lipinski definition) is 6. The molecule has 0 aromatic heterocycles. The number of rotatable bonds is 8. The average molecular weight is 237 g/mol. The molecule has 15 heavy (non-hydrogen) atoms. The van der Waals surface area contributed by atoms with Crippen LogP contribution in [0, 0.1) is 0 Å². The lowest BCUT2D eigenvalue weighted by atomic mass is 10.5. The molecule has 0 bridgehead atoms. The van der Waals surface area contributed by atoms with Gasteiger partial charge in [0.2, 0.25) is 0 Å². The molecule has 4 N–H and O–H groups in total. The van der Waals surface area contributed by atoms with Crippen molar-refractivity contribution < 1.29 is 13.3 Å². The first-order valence-electron chi connectivity index (χ1n) is 4.98. The fourth-order valence-corrected chi connectivity index (χ4v) is 3.46. The predicted molar refractivity (Wildman–Crippen MR) is 60.8 cm³/mol. The quantitative estimate of drug-likeness (QED) is 0.302. The van der Waals surface area contributed by atoms with Crippen molar-refractivity contribution >= 4 is 8.80 Å². The molecular weight excluding hydrogens is 214 g/mol. The van der Waals surface area contributed by atoms with Crippen molar-refractivity contribution in [1.29, 1.82) is 0 Å². The van der Waals surface area contributed by atoms with Gasteiger partial charge in [-0.2, -0.15) is 0 Å². The van der Waals surface area contributed by atoms with Gasteiger partial charge in [-0.1, -0.05) is 6.92 Å². The number of hydrogen-bond donors (Lipinski definition) is 3. The maximum Gasteiger partial charge on any atom is 0.519 e. The van der Waals surface area contributed by atoms with Crippen LogP contribution >= 0.6 is 0 Å². The molecule has 0 radical (unpaired) electrons. The van der Waals surface area contributed by atoms with E-state index in [1.54, 1.807) is 21.3 Å². The number of hydrazine groups is 1. The van der Waals surface area contributed by atoms with Crippen molar-refractivity contribution in [2.75, 3.05) is 21.3 Å². The molecule has 92 valence electrons. The summed E-state index contributed by atoms with van der Waals surface area (Å²) < 4.78 is 16.1. The van der Waals surface area contributed by atoms with Gasteiger partial charge in [-0.3, -0.25) is 0 Å². The highest BCUT2D eigenvalue weighted by Gasteiger charge is 2.46. The van der Waals surface area contributed by atoms with Crippen LogP contribution in [0.25, 0.3) is 0 Å². The maximum absolute atomic E-state index is 5.58. The molecule has 0 aliphatic heterocycles. The lowest BCUT2D eigenvalue weighted by molar-refractivity contribution is 0.102. The fourth-order valence-electron chi connectivity index (χ4n) is 1.35. The Labute approximate surface area is 92.8 Å². The van der Waals surface area contributed by atoms with Gasteiger partial charge in [0.1, 0.15) is 0 Å². The van der Waals surface area contributed by atoms with Gasteiger partial charge in [0.15, 0.2) is 0 Å². The van der Waals surface area contributed by atoms with E-state index in [0.717, 1.165) is 6.42 Å². The van der Waals surface area contributed by atoms with Crippen molar-refractivity contribution in [2.45, 2.75) is 32.1 Å². The van der Waals surface area contributed by atoms with Crippen molar-refractivity contribution in [3.8, 4) is 0 Å². The van der Waals surface area contributed by atoms with E-state index in [4.69, 9.17) is 19.0 Å². The van der Waals surface area contributed by atoms with Gasteiger partial charge in [-0.25, -0.2) is 10.9 Å². The first-order valence-corrected chi connectivity index (χ1v) is 6.78. The van der Waals surface area contributed by atoms with Crippen LogP contribution in [0.5, 0.6) is 0 Å². The van der Waals surface area contributed by atoms with Crippen molar-refractivity contribution in [2.24, 2.45) is 5.73 Å². The van der Waals surface area contributed by atoms with Crippen LogP contribution in [0.15, 0.2) is 0 Å². The molecule has 0 amide bonds. The van der Waals surface area contributed by atoms with Crippen LogP contribution in [0.2, 0.25) is 0 Å². The molecule has 2 unspecified atom stereocenters. The van der Waals surface area contributed by atoms with E-state index >= 15 is 0 Å². The van der Waals surface area contributed by atoms with E-state index in [-0.39, 0.29) is 11.8 Å². The Bertz CT molecular complexity index is 159. The summed E-state index contributed by atoms with van der Waals surface area (Å²) >= 11 is 0. The Morgan fingerprint density at radius 2 is 1.60 bits per heavy atom. The standard InChI is InChI=1S/C8H23N3O3Si/c1-6-8(11-10-7(2)9)15(12-3,13-4)14-5/h7-8,10-11H,6,9H2,1-5H3. The molecule has 0 aromatic carbocycles. The molecule has 0 aromatic rings. The van der Waals surface area contributed by atoms with E-state index < -0.39 is 8.80 Å². The molecule has 0 saturated heterocycles. The van der Waals surface area contributed by atoms with Crippen molar-refractivity contribution in [1.82, 2.24) is 10.9 Å². The third-order valence-electron chi connectivity index (χ3n) is 2.17. The zero-order valence-corrected chi connectivity index (χ0v) is 11.2.